The smallest absolute Gasteiger partial charge is 0.215 e. The van der Waals surface area contributed by atoms with Crippen molar-refractivity contribution in [3.8, 4) is 0 Å². The van der Waals surface area contributed by atoms with E-state index in [2.05, 4.69) is 27.8 Å². The maximum atomic E-state index is 12.6. The molecule has 1 aromatic rings. The predicted octanol–water partition coefficient (Wildman–Crippen LogP) is 3.09. The van der Waals surface area contributed by atoms with E-state index in [9.17, 15) is 8.42 Å². The average molecular weight is 389 g/mol. The molecule has 1 fully saturated rings. The van der Waals surface area contributed by atoms with Crippen LogP contribution < -0.4 is 0 Å². The van der Waals surface area contributed by atoms with Crippen molar-refractivity contribution >= 4 is 26.0 Å². The molecular formula is C16H25BrN2O2S. The lowest BCUT2D eigenvalue weighted by atomic mass is 10.2. The van der Waals surface area contributed by atoms with Gasteiger partial charge in [0.15, 0.2) is 0 Å². The lowest BCUT2D eigenvalue weighted by Crippen LogP contribution is -2.42. The van der Waals surface area contributed by atoms with Crippen LogP contribution in [0.3, 0.4) is 0 Å². The van der Waals surface area contributed by atoms with Crippen molar-refractivity contribution in [2.24, 2.45) is 0 Å². The zero-order valence-corrected chi connectivity index (χ0v) is 15.6. The van der Waals surface area contributed by atoms with Gasteiger partial charge in [0.2, 0.25) is 10.0 Å². The SMILES string of the molecule is CCCCN1CCCN(Cc2ccccc2Br)S(=O)(=O)CC1. The molecule has 4 nitrogen and oxygen atoms in total. The molecule has 1 aliphatic heterocycles. The van der Waals surface area contributed by atoms with Crippen LogP contribution in [-0.2, 0) is 16.6 Å². The lowest BCUT2D eigenvalue weighted by molar-refractivity contribution is 0.254. The van der Waals surface area contributed by atoms with Crippen molar-refractivity contribution in [2.75, 3.05) is 31.9 Å². The van der Waals surface area contributed by atoms with Gasteiger partial charge in [-0.25, -0.2) is 8.42 Å². The number of halogens is 1. The molecular weight excluding hydrogens is 364 g/mol. The molecule has 1 saturated heterocycles. The average Bonchev–Trinajstić information content (AvgIpc) is 2.48. The summed E-state index contributed by atoms with van der Waals surface area (Å²) in [5.41, 5.74) is 1.02. The Bertz CT molecular complexity index is 577. The fourth-order valence-corrected chi connectivity index (χ4v) is 4.59. The van der Waals surface area contributed by atoms with E-state index in [0.29, 0.717) is 19.6 Å². The standard InChI is InChI=1S/C16H25BrN2O2S/c1-2-3-9-18-10-6-11-19(22(20,21)13-12-18)14-15-7-4-5-8-16(15)17/h4-5,7-8H,2-3,6,9-14H2,1H3. The summed E-state index contributed by atoms with van der Waals surface area (Å²) in [6.45, 7) is 5.87. The highest BCUT2D eigenvalue weighted by atomic mass is 79.9. The first kappa shape index (κ1) is 17.9. The molecule has 0 amide bonds. The Morgan fingerprint density at radius 2 is 1.95 bits per heavy atom. The van der Waals surface area contributed by atoms with Crippen LogP contribution in [0.15, 0.2) is 28.7 Å². The summed E-state index contributed by atoms with van der Waals surface area (Å²) in [6, 6.07) is 7.83. The van der Waals surface area contributed by atoms with E-state index in [1.165, 1.54) is 0 Å². The summed E-state index contributed by atoms with van der Waals surface area (Å²) in [6.07, 6.45) is 3.19. The number of nitrogens with zero attached hydrogens (tertiary/aromatic N) is 2. The zero-order chi connectivity index (χ0) is 16.0. The number of rotatable bonds is 5. The monoisotopic (exact) mass is 388 g/mol. The third-order valence-corrected chi connectivity index (χ3v) is 6.64. The van der Waals surface area contributed by atoms with Gasteiger partial charge in [0.05, 0.1) is 5.75 Å². The molecule has 1 aromatic carbocycles. The van der Waals surface area contributed by atoms with Gasteiger partial charge < -0.3 is 4.90 Å². The number of hydrogen-bond acceptors (Lipinski definition) is 3. The Kier molecular flexibility index (Phi) is 6.87. The summed E-state index contributed by atoms with van der Waals surface area (Å²) < 4.78 is 27.8. The second kappa shape index (κ2) is 8.43. The van der Waals surface area contributed by atoms with Crippen LogP contribution in [-0.4, -0.2) is 49.6 Å². The highest BCUT2D eigenvalue weighted by Crippen LogP contribution is 2.20. The fourth-order valence-electron chi connectivity index (χ4n) is 2.69. The first-order valence-electron chi connectivity index (χ1n) is 7.96. The highest BCUT2D eigenvalue weighted by molar-refractivity contribution is 9.10. The van der Waals surface area contributed by atoms with E-state index in [-0.39, 0.29) is 5.75 Å². The molecule has 124 valence electrons. The van der Waals surface area contributed by atoms with E-state index in [4.69, 9.17) is 0 Å². The summed E-state index contributed by atoms with van der Waals surface area (Å²) in [7, 11) is -3.19. The molecule has 0 aromatic heterocycles. The van der Waals surface area contributed by atoms with Crippen molar-refractivity contribution < 1.29 is 8.42 Å². The predicted molar refractivity (Wildman–Crippen MR) is 94.3 cm³/mol. The van der Waals surface area contributed by atoms with Gasteiger partial charge in [0.1, 0.15) is 0 Å². The second-order valence-corrected chi connectivity index (χ2v) is 8.73. The maximum Gasteiger partial charge on any atom is 0.215 e. The molecule has 0 N–H and O–H groups in total. The van der Waals surface area contributed by atoms with Gasteiger partial charge in [-0.1, -0.05) is 47.5 Å². The lowest BCUT2D eigenvalue weighted by Gasteiger charge is -2.30. The molecule has 2 rings (SSSR count). The summed E-state index contributed by atoms with van der Waals surface area (Å²) in [5, 5.41) is 0. The molecule has 0 atom stereocenters. The maximum absolute atomic E-state index is 12.6. The molecule has 0 unspecified atom stereocenters. The van der Waals surface area contributed by atoms with Crippen molar-refractivity contribution in [3.63, 3.8) is 0 Å². The van der Waals surface area contributed by atoms with Crippen LogP contribution in [0.2, 0.25) is 0 Å². The van der Waals surface area contributed by atoms with Crippen LogP contribution in [0.25, 0.3) is 0 Å². The highest BCUT2D eigenvalue weighted by Gasteiger charge is 2.25. The minimum absolute atomic E-state index is 0.223. The van der Waals surface area contributed by atoms with Crippen LogP contribution in [0.1, 0.15) is 31.7 Å². The van der Waals surface area contributed by atoms with Crippen molar-refractivity contribution in [2.45, 2.75) is 32.7 Å². The molecule has 0 bridgehead atoms. The van der Waals surface area contributed by atoms with Gasteiger partial charge in [-0.3, -0.25) is 0 Å². The minimum Gasteiger partial charge on any atom is -0.302 e. The largest absolute Gasteiger partial charge is 0.302 e. The van der Waals surface area contributed by atoms with Gasteiger partial charge in [0, 0.05) is 24.1 Å². The van der Waals surface area contributed by atoms with Gasteiger partial charge in [-0.2, -0.15) is 4.31 Å². The Hall–Kier alpha value is -0.430. The van der Waals surface area contributed by atoms with E-state index < -0.39 is 10.0 Å². The van der Waals surface area contributed by atoms with Gasteiger partial charge in [-0.05, 0) is 37.6 Å². The molecule has 0 radical (unpaired) electrons. The molecule has 0 aliphatic carbocycles. The molecule has 1 aliphatic rings. The Morgan fingerprint density at radius 1 is 1.18 bits per heavy atom. The van der Waals surface area contributed by atoms with E-state index in [0.717, 1.165) is 42.4 Å². The fraction of sp³-hybridized carbons (Fsp3) is 0.625. The summed E-state index contributed by atoms with van der Waals surface area (Å²) in [5.74, 6) is 0.223. The van der Waals surface area contributed by atoms with Crippen molar-refractivity contribution in [1.29, 1.82) is 0 Å². The first-order valence-corrected chi connectivity index (χ1v) is 10.4. The normalized spacial score (nSPS) is 20.5. The molecule has 22 heavy (non-hydrogen) atoms. The van der Waals surface area contributed by atoms with Crippen LogP contribution in [0.4, 0.5) is 0 Å². The third kappa shape index (κ3) is 5.05. The molecule has 6 heteroatoms. The van der Waals surface area contributed by atoms with Crippen LogP contribution in [0.5, 0.6) is 0 Å². The van der Waals surface area contributed by atoms with Crippen LogP contribution in [0, 0.1) is 0 Å². The van der Waals surface area contributed by atoms with Crippen molar-refractivity contribution in [3.05, 3.63) is 34.3 Å². The first-order chi connectivity index (χ1) is 10.5. The Labute approximate surface area is 142 Å². The van der Waals surface area contributed by atoms with Gasteiger partial charge in [0.25, 0.3) is 0 Å². The summed E-state index contributed by atoms with van der Waals surface area (Å²) >= 11 is 3.50. The summed E-state index contributed by atoms with van der Waals surface area (Å²) in [4.78, 5) is 2.29. The zero-order valence-electron chi connectivity index (χ0n) is 13.2. The number of benzene rings is 1. The number of unbranched alkanes of at least 4 members (excludes halogenated alkanes) is 1. The van der Waals surface area contributed by atoms with Gasteiger partial charge in [-0.15, -0.1) is 0 Å². The van der Waals surface area contributed by atoms with Crippen LogP contribution >= 0.6 is 15.9 Å². The molecule has 0 saturated carbocycles. The molecule has 0 spiro atoms. The van der Waals surface area contributed by atoms with Crippen molar-refractivity contribution in [1.82, 2.24) is 9.21 Å². The number of sulfonamides is 1. The van der Waals surface area contributed by atoms with E-state index >= 15 is 0 Å². The second-order valence-electron chi connectivity index (χ2n) is 5.79. The quantitative estimate of drug-likeness (QED) is 0.777. The minimum atomic E-state index is -3.19. The third-order valence-electron chi connectivity index (χ3n) is 4.07. The topological polar surface area (TPSA) is 40.6 Å². The Balaban J connectivity index is 2.03. The van der Waals surface area contributed by atoms with E-state index in [1.807, 2.05) is 24.3 Å². The number of hydrogen-bond donors (Lipinski definition) is 0. The van der Waals surface area contributed by atoms with Gasteiger partial charge >= 0.3 is 0 Å². The van der Waals surface area contributed by atoms with E-state index in [1.54, 1.807) is 4.31 Å². The molecule has 1 heterocycles. The Morgan fingerprint density at radius 3 is 2.68 bits per heavy atom.